The number of halogens is 1. The van der Waals surface area contributed by atoms with Gasteiger partial charge in [0.15, 0.2) is 0 Å². The van der Waals surface area contributed by atoms with E-state index in [-0.39, 0.29) is 0 Å². The van der Waals surface area contributed by atoms with Gasteiger partial charge < -0.3 is 4.90 Å². The van der Waals surface area contributed by atoms with Crippen LogP contribution in [0.5, 0.6) is 0 Å². The number of nitrogens with zero attached hydrogens (tertiary/aromatic N) is 3. The molecular weight excluding hydrogens is 254 g/mol. The summed E-state index contributed by atoms with van der Waals surface area (Å²) in [5.74, 6) is 1.73. The summed E-state index contributed by atoms with van der Waals surface area (Å²) >= 11 is 7.73. The molecular formula is C12H14ClN3S. The molecule has 0 aromatic carbocycles. The highest BCUT2D eigenvalue weighted by Crippen LogP contribution is 2.31. The molecule has 0 radical (unpaired) electrons. The lowest BCUT2D eigenvalue weighted by atomic mass is 10.0. The maximum absolute atomic E-state index is 6.07. The fourth-order valence-electron chi connectivity index (χ4n) is 2.45. The van der Waals surface area contributed by atoms with Gasteiger partial charge in [0.05, 0.1) is 5.39 Å². The molecule has 90 valence electrons. The van der Waals surface area contributed by atoms with Gasteiger partial charge in [-0.1, -0.05) is 0 Å². The van der Waals surface area contributed by atoms with Gasteiger partial charge in [-0.25, -0.2) is 9.97 Å². The maximum atomic E-state index is 6.07. The Hall–Kier alpha value is -0.870. The second kappa shape index (κ2) is 4.78. The van der Waals surface area contributed by atoms with Crippen molar-refractivity contribution in [1.82, 2.24) is 9.97 Å². The second-order valence-electron chi connectivity index (χ2n) is 4.33. The molecule has 17 heavy (non-hydrogen) atoms. The highest BCUT2D eigenvalue weighted by atomic mass is 35.5. The second-order valence-corrected chi connectivity index (χ2v) is 5.54. The van der Waals surface area contributed by atoms with E-state index in [1.807, 2.05) is 0 Å². The number of piperidine rings is 1. The molecule has 0 saturated carbocycles. The number of anilines is 1. The molecule has 1 atom stereocenters. The molecule has 1 aliphatic heterocycles. The Morgan fingerprint density at radius 3 is 3.24 bits per heavy atom. The smallest absolute Gasteiger partial charge is 0.141 e. The van der Waals surface area contributed by atoms with Gasteiger partial charge in [0.1, 0.15) is 17.0 Å². The molecule has 0 aliphatic carbocycles. The van der Waals surface area contributed by atoms with E-state index in [2.05, 4.69) is 26.3 Å². The highest BCUT2D eigenvalue weighted by molar-refractivity contribution is 7.16. The van der Waals surface area contributed by atoms with E-state index in [1.54, 1.807) is 17.7 Å². The summed E-state index contributed by atoms with van der Waals surface area (Å²) in [6.07, 6.45) is 5.32. The number of hydrogen-bond acceptors (Lipinski definition) is 4. The molecule has 0 bridgehead atoms. The lowest BCUT2D eigenvalue weighted by molar-refractivity contribution is 0.485. The van der Waals surface area contributed by atoms with Crippen LogP contribution in [0.1, 0.15) is 19.3 Å². The molecule has 1 fully saturated rings. The van der Waals surface area contributed by atoms with Crippen LogP contribution >= 0.6 is 22.9 Å². The summed E-state index contributed by atoms with van der Waals surface area (Å²) in [6, 6.07) is 2.53. The third kappa shape index (κ3) is 2.00. The molecule has 0 spiro atoms. The number of hydrogen-bond donors (Lipinski definition) is 0. The predicted octanol–water partition coefficient (Wildman–Crippen LogP) is 3.29. The molecule has 0 amide bonds. The van der Waals surface area contributed by atoms with Crippen molar-refractivity contribution in [1.29, 1.82) is 0 Å². The zero-order valence-corrected chi connectivity index (χ0v) is 11.0. The van der Waals surface area contributed by atoms with Crippen molar-refractivity contribution >= 4 is 39.0 Å². The van der Waals surface area contributed by atoms with Crippen LogP contribution in [0.15, 0.2) is 17.8 Å². The molecule has 3 heterocycles. The maximum Gasteiger partial charge on any atom is 0.141 e. The minimum Gasteiger partial charge on any atom is -0.352 e. The average Bonchev–Trinajstić information content (AvgIpc) is 2.86. The molecule has 1 unspecified atom stereocenters. The third-order valence-corrected chi connectivity index (χ3v) is 4.49. The summed E-state index contributed by atoms with van der Waals surface area (Å²) < 4.78 is 0. The zero-order valence-electron chi connectivity index (χ0n) is 9.47. The standard InChI is InChI=1S/C12H14ClN3S/c13-7-9-3-1-2-5-16(9)11-10-4-6-17-12(10)15-8-14-11/h4,6,8-9H,1-3,5,7H2. The van der Waals surface area contributed by atoms with Gasteiger partial charge in [0.2, 0.25) is 0 Å². The Balaban J connectivity index is 2.04. The molecule has 1 aliphatic rings. The van der Waals surface area contributed by atoms with Crippen LogP contribution in [-0.2, 0) is 0 Å². The fourth-order valence-corrected chi connectivity index (χ4v) is 3.49. The zero-order chi connectivity index (χ0) is 11.7. The van der Waals surface area contributed by atoms with Crippen LogP contribution in [0.4, 0.5) is 5.82 Å². The Morgan fingerprint density at radius 1 is 1.41 bits per heavy atom. The molecule has 5 heteroatoms. The summed E-state index contributed by atoms with van der Waals surface area (Å²) in [4.78, 5) is 12.2. The van der Waals surface area contributed by atoms with Gasteiger partial charge in [-0.15, -0.1) is 22.9 Å². The van der Waals surface area contributed by atoms with Crippen molar-refractivity contribution in [2.45, 2.75) is 25.3 Å². The van der Waals surface area contributed by atoms with Crippen molar-refractivity contribution in [3.05, 3.63) is 17.8 Å². The number of rotatable bonds is 2. The quantitative estimate of drug-likeness (QED) is 0.782. The van der Waals surface area contributed by atoms with E-state index in [0.717, 1.165) is 22.6 Å². The largest absolute Gasteiger partial charge is 0.352 e. The minimum atomic E-state index is 0.420. The first-order chi connectivity index (χ1) is 8.40. The third-order valence-electron chi connectivity index (χ3n) is 3.32. The van der Waals surface area contributed by atoms with Crippen LogP contribution in [0.25, 0.3) is 10.2 Å². The minimum absolute atomic E-state index is 0.420. The normalized spacial score (nSPS) is 21.0. The van der Waals surface area contributed by atoms with Gasteiger partial charge in [-0.2, -0.15) is 0 Å². The summed E-state index contributed by atoms with van der Waals surface area (Å²) in [6.45, 7) is 1.05. The van der Waals surface area contributed by atoms with Gasteiger partial charge in [0.25, 0.3) is 0 Å². The SMILES string of the molecule is ClCC1CCCCN1c1ncnc2sccc12. The van der Waals surface area contributed by atoms with Crippen molar-refractivity contribution in [3.63, 3.8) is 0 Å². The molecule has 0 N–H and O–H groups in total. The first kappa shape index (κ1) is 11.2. The summed E-state index contributed by atoms with van der Waals surface area (Å²) in [5.41, 5.74) is 0. The number of fused-ring (bicyclic) bond motifs is 1. The van der Waals surface area contributed by atoms with E-state index in [1.165, 1.54) is 19.3 Å². The van der Waals surface area contributed by atoms with Crippen molar-refractivity contribution in [2.24, 2.45) is 0 Å². The molecule has 2 aromatic rings. The van der Waals surface area contributed by atoms with E-state index in [0.29, 0.717) is 11.9 Å². The van der Waals surface area contributed by atoms with Crippen molar-refractivity contribution in [2.75, 3.05) is 17.3 Å². The lowest BCUT2D eigenvalue weighted by Gasteiger charge is -2.35. The first-order valence-electron chi connectivity index (χ1n) is 5.91. The van der Waals surface area contributed by atoms with Crippen LogP contribution in [-0.4, -0.2) is 28.4 Å². The monoisotopic (exact) mass is 267 g/mol. The summed E-state index contributed by atoms with van der Waals surface area (Å²) in [5, 5.41) is 3.23. The topological polar surface area (TPSA) is 29.0 Å². The van der Waals surface area contributed by atoms with E-state index in [9.17, 15) is 0 Å². The van der Waals surface area contributed by atoms with Gasteiger partial charge in [0, 0.05) is 18.5 Å². The average molecular weight is 268 g/mol. The Kier molecular flexibility index (Phi) is 3.16. The number of aromatic nitrogens is 2. The van der Waals surface area contributed by atoms with Crippen molar-refractivity contribution < 1.29 is 0 Å². The Morgan fingerprint density at radius 2 is 2.35 bits per heavy atom. The Labute approximate surface area is 109 Å². The van der Waals surface area contributed by atoms with E-state index >= 15 is 0 Å². The van der Waals surface area contributed by atoms with Crippen molar-refractivity contribution in [3.8, 4) is 0 Å². The van der Waals surface area contributed by atoms with Crippen LogP contribution in [0.3, 0.4) is 0 Å². The number of alkyl halides is 1. The molecule has 3 rings (SSSR count). The fraction of sp³-hybridized carbons (Fsp3) is 0.500. The molecule has 2 aromatic heterocycles. The van der Waals surface area contributed by atoms with Crippen LogP contribution < -0.4 is 4.90 Å². The van der Waals surface area contributed by atoms with E-state index < -0.39 is 0 Å². The van der Waals surface area contributed by atoms with E-state index in [4.69, 9.17) is 11.6 Å². The molecule has 1 saturated heterocycles. The van der Waals surface area contributed by atoms with Crippen LogP contribution in [0, 0.1) is 0 Å². The predicted molar refractivity (Wildman–Crippen MR) is 73.1 cm³/mol. The van der Waals surface area contributed by atoms with Gasteiger partial charge in [-0.05, 0) is 30.7 Å². The summed E-state index contributed by atoms with van der Waals surface area (Å²) in [7, 11) is 0. The van der Waals surface area contributed by atoms with Gasteiger partial charge in [-0.3, -0.25) is 0 Å². The first-order valence-corrected chi connectivity index (χ1v) is 7.32. The number of thiophene rings is 1. The lowest BCUT2D eigenvalue weighted by Crippen LogP contribution is -2.41. The highest BCUT2D eigenvalue weighted by Gasteiger charge is 2.24. The van der Waals surface area contributed by atoms with Crippen LogP contribution in [0.2, 0.25) is 0 Å². The van der Waals surface area contributed by atoms with Gasteiger partial charge >= 0.3 is 0 Å². The Bertz CT molecular complexity index is 513. The molecule has 3 nitrogen and oxygen atoms in total.